The van der Waals surface area contributed by atoms with Crippen molar-refractivity contribution in [3.63, 3.8) is 0 Å². The van der Waals surface area contributed by atoms with Crippen LogP contribution in [0.5, 0.6) is 5.75 Å². The van der Waals surface area contributed by atoms with Crippen molar-refractivity contribution in [3.05, 3.63) is 63.6 Å². The fourth-order valence-electron chi connectivity index (χ4n) is 2.46. The Morgan fingerprint density at radius 3 is 2.58 bits per heavy atom. The van der Waals surface area contributed by atoms with Crippen molar-refractivity contribution in [2.45, 2.75) is 23.4 Å². The normalized spacial score (nSPS) is 12.0. The van der Waals surface area contributed by atoms with Crippen LogP contribution in [0.3, 0.4) is 0 Å². The molecule has 0 aliphatic rings. The molecule has 0 radical (unpaired) electrons. The molecule has 0 N–H and O–H groups in total. The molecule has 4 nitrogen and oxygen atoms in total. The Morgan fingerprint density at radius 1 is 1.23 bits per heavy atom. The molecule has 26 heavy (non-hydrogen) atoms. The summed E-state index contributed by atoms with van der Waals surface area (Å²) in [6.07, 6.45) is 0. The highest BCUT2D eigenvalue weighted by Crippen LogP contribution is 2.30. The van der Waals surface area contributed by atoms with Crippen molar-refractivity contribution < 1.29 is 9.53 Å². The lowest BCUT2D eigenvalue weighted by atomic mass is 10.1. The SMILES string of the molecule is COc1ccc(C(=O)[C@@H](C)Sc2nn(-c3ccccc3C)c(=S)s2)cc1. The third-order valence-electron chi connectivity index (χ3n) is 3.89. The van der Waals surface area contributed by atoms with Gasteiger partial charge in [0, 0.05) is 5.56 Å². The molecule has 0 saturated heterocycles. The van der Waals surface area contributed by atoms with E-state index in [1.807, 2.05) is 38.1 Å². The zero-order chi connectivity index (χ0) is 18.7. The lowest BCUT2D eigenvalue weighted by Crippen LogP contribution is -2.13. The molecule has 0 spiro atoms. The Labute approximate surface area is 165 Å². The van der Waals surface area contributed by atoms with Crippen LogP contribution >= 0.6 is 35.3 Å². The van der Waals surface area contributed by atoms with E-state index in [1.54, 1.807) is 36.1 Å². The van der Waals surface area contributed by atoms with E-state index < -0.39 is 0 Å². The number of Topliss-reactive ketones (excluding diaryl/α,β-unsaturated/α-hetero) is 1. The van der Waals surface area contributed by atoms with Crippen LogP contribution in [-0.4, -0.2) is 27.9 Å². The molecule has 1 atom stereocenters. The summed E-state index contributed by atoms with van der Waals surface area (Å²) < 4.78 is 8.36. The number of thioether (sulfide) groups is 1. The van der Waals surface area contributed by atoms with Crippen molar-refractivity contribution in [1.29, 1.82) is 0 Å². The molecular weight excluding hydrogens is 384 g/mol. The third kappa shape index (κ3) is 4.06. The molecule has 0 aliphatic heterocycles. The number of aromatic nitrogens is 2. The van der Waals surface area contributed by atoms with Gasteiger partial charge in [0.25, 0.3) is 0 Å². The summed E-state index contributed by atoms with van der Waals surface area (Å²) in [5.74, 6) is 0.790. The third-order valence-corrected chi connectivity index (χ3v) is 6.31. The number of para-hydroxylation sites is 1. The number of nitrogens with zero attached hydrogens (tertiary/aromatic N) is 2. The van der Waals surface area contributed by atoms with E-state index in [1.165, 1.54) is 23.1 Å². The fraction of sp³-hybridized carbons (Fsp3) is 0.211. The summed E-state index contributed by atoms with van der Waals surface area (Å²) in [4.78, 5) is 12.6. The number of ether oxygens (including phenoxy) is 1. The maximum Gasteiger partial charge on any atom is 0.184 e. The van der Waals surface area contributed by atoms with Gasteiger partial charge in [-0.05, 0) is 62.0 Å². The number of rotatable bonds is 6. The van der Waals surface area contributed by atoms with Gasteiger partial charge in [0.2, 0.25) is 0 Å². The number of carbonyl (C=O) groups excluding carboxylic acids is 1. The lowest BCUT2D eigenvalue weighted by Gasteiger charge is -2.09. The van der Waals surface area contributed by atoms with Crippen molar-refractivity contribution in [1.82, 2.24) is 9.78 Å². The molecule has 1 heterocycles. The Bertz CT molecular complexity index is 977. The van der Waals surface area contributed by atoms with Crippen LogP contribution in [0.4, 0.5) is 0 Å². The van der Waals surface area contributed by atoms with Gasteiger partial charge < -0.3 is 4.74 Å². The van der Waals surface area contributed by atoms with Crippen LogP contribution in [-0.2, 0) is 0 Å². The minimum atomic E-state index is -0.255. The molecule has 2 aromatic carbocycles. The summed E-state index contributed by atoms with van der Waals surface area (Å²) in [6.45, 7) is 3.92. The van der Waals surface area contributed by atoms with Gasteiger partial charge in [0.05, 0.1) is 18.0 Å². The summed E-state index contributed by atoms with van der Waals surface area (Å²) in [5.41, 5.74) is 2.73. The van der Waals surface area contributed by atoms with E-state index in [0.29, 0.717) is 9.52 Å². The largest absolute Gasteiger partial charge is 0.497 e. The molecule has 0 aliphatic carbocycles. The van der Waals surface area contributed by atoms with E-state index in [-0.39, 0.29) is 11.0 Å². The van der Waals surface area contributed by atoms with Gasteiger partial charge in [-0.15, -0.1) is 5.10 Å². The first-order chi connectivity index (χ1) is 12.5. The standard InChI is InChI=1S/C19H18N2O2S3/c1-12-6-4-5-7-16(12)21-19(24)26-18(20-21)25-13(2)17(22)14-8-10-15(23-3)11-9-14/h4-11,13H,1-3H3/t13-/m1/s1. The highest BCUT2D eigenvalue weighted by Gasteiger charge is 2.19. The van der Waals surface area contributed by atoms with Gasteiger partial charge in [0.15, 0.2) is 14.1 Å². The van der Waals surface area contributed by atoms with E-state index in [4.69, 9.17) is 17.0 Å². The maximum absolute atomic E-state index is 12.6. The Morgan fingerprint density at radius 2 is 1.92 bits per heavy atom. The van der Waals surface area contributed by atoms with Crippen LogP contribution in [0.2, 0.25) is 0 Å². The van der Waals surface area contributed by atoms with Gasteiger partial charge in [-0.2, -0.15) is 0 Å². The molecule has 7 heteroatoms. The summed E-state index contributed by atoms with van der Waals surface area (Å²) in [5, 5.41) is 4.35. The lowest BCUT2D eigenvalue weighted by molar-refractivity contribution is 0.0994. The Kier molecular flexibility index (Phi) is 5.90. The van der Waals surface area contributed by atoms with Crippen LogP contribution in [0, 0.1) is 10.9 Å². The fourth-order valence-corrected chi connectivity index (χ4v) is 5.02. The van der Waals surface area contributed by atoms with Crippen molar-refractivity contribution in [3.8, 4) is 11.4 Å². The number of benzene rings is 2. The smallest absolute Gasteiger partial charge is 0.184 e. The Balaban J connectivity index is 1.78. The van der Waals surface area contributed by atoms with E-state index in [0.717, 1.165) is 21.3 Å². The minimum absolute atomic E-state index is 0.0567. The molecule has 0 amide bonds. The molecule has 0 fully saturated rings. The number of aryl methyl sites for hydroxylation is 1. The molecule has 134 valence electrons. The second kappa shape index (κ2) is 8.16. The first-order valence-corrected chi connectivity index (χ1v) is 10.1. The van der Waals surface area contributed by atoms with Crippen molar-refractivity contribution in [2.75, 3.05) is 7.11 Å². The van der Waals surface area contributed by atoms with Crippen LogP contribution < -0.4 is 4.74 Å². The van der Waals surface area contributed by atoms with Crippen LogP contribution in [0.25, 0.3) is 5.69 Å². The number of carbonyl (C=O) groups is 1. The second-order valence-corrected chi connectivity index (χ2v) is 8.90. The van der Waals surface area contributed by atoms with E-state index in [2.05, 4.69) is 5.10 Å². The van der Waals surface area contributed by atoms with Gasteiger partial charge in [-0.25, -0.2) is 4.68 Å². The predicted molar refractivity (Wildman–Crippen MR) is 110 cm³/mol. The first-order valence-electron chi connectivity index (χ1n) is 8.00. The molecule has 1 aromatic heterocycles. The average Bonchev–Trinajstić information content (AvgIpc) is 3.01. The highest BCUT2D eigenvalue weighted by atomic mass is 32.2. The van der Waals surface area contributed by atoms with Crippen molar-refractivity contribution in [2.24, 2.45) is 0 Å². The van der Waals surface area contributed by atoms with Crippen LogP contribution in [0.1, 0.15) is 22.8 Å². The molecule has 0 saturated carbocycles. The molecule has 0 bridgehead atoms. The first kappa shape index (κ1) is 18.8. The van der Waals surface area contributed by atoms with E-state index >= 15 is 0 Å². The second-order valence-electron chi connectivity index (χ2n) is 5.68. The predicted octanol–water partition coefficient (Wildman–Crippen LogP) is 5.34. The number of hydrogen-bond donors (Lipinski definition) is 0. The summed E-state index contributed by atoms with van der Waals surface area (Å²) in [7, 11) is 1.61. The van der Waals surface area contributed by atoms with Crippen molar-refractivity contribution >= 4 is 41.1 Å². The van der Waals surface area contributed by atoms with Gasteiger partial charge in [-0.1, -0.05) is 41.3 Å². The zero-order valence-corrected chi connectivity index (χ0v) is 17.1. The quantitative estimate of drug-likeness (QED) is 0.316. The van der Waals surface area contributed by atoms with Gasteiger partial charge >= 0.3 is 0 Å². The number of methoxy groups -OCH3 is 1. The molecule has 3 rings (SSSR count). The van der Waals surface area contributed by atoms with E-state index in [9.17, 15) is 4.79 Å². The molecular formula is C19H18N2O2S3. The average molecular weight is 403 g/mol. The Hall–Kier alpha value is -1.96. The van der Waals surface area contributed by atoms with Gasteiger partial charge in [0.1, 0.15) is 5.75 Å². The monoisotopic (exact) mass is 402 g/mol. The molecule has 3 aromatic rings. The zero-order valence-electron chi connectivity index (χ0n) is 14.6. The maximum atomic E-state index is 12.6. The van der Waals surface area contributed by atoms with Crippen LogP contribution in [0.15, 0.2) is 52.9 Å². The highest BCUT2D eigenvalue weighted by molar-refractivity contribution is 8.02. The number of ketones is 1. The minimum Gasteiger partial charge on any atom is -0.497 e. The van der Waals surface area contributed by atoms with Gasteiger partial charge in [-0.3, -0.25) is 4.79 Å². The topological polar surface area (TPSA) is 44.1 Å². The summed E-state index contributed by atoms with van der Waals surface area (Å²) >= 11 is 8.31. The number of hydrogen-bond acceptors (Lipinski definition) is 6. The summed E-state index contributed by atoms with van der Waals surface area (Å²) in [6, 6.07) is 15.1. The molecule has 0 unspecified atom stereocenters.